The fourth-order valence-corrected chi connectivity index (χ4v) is 9.59. The number of nitrogens with zero attached hydrogens (tertiary/aromatic N) is 2. The molecule has 6 nitrogen and oxygen atoms in total. The Labute approximate surface area is 223 Å². The third-order valence-corrected chi connectivity index (χ3v) is 12.1. The molecule has 38 heavy (non-hydrogen) atoms. The largest absolute Gasteiger partial charge is 0.545 e. The van der Waals surface area contributed by atoms with E-state index in [0.29, 0.717) is 5.56 Å². The third-order valence-electron chi connectivity index (χ3n) is 8.59. The molecule has 2 aromatic carbocycles. The van der Waals surface area contributed by atoms with Gasteiger partial charge in [-0.1, -0.05) is 25.2 Å². The van der Waals surface area contributed by atoms with E-state index in [9.17, 15) is 19.8 Å². The van der Waals surface area contributed by atoms with Crippen LogP contribution in [0.3, 0.4) is 0 Å². The van der Waals surface area contributed by atoms with Crippen LogP contribution in [0.4, 0.5) is 5.69 Å². The minimum atomic E-state index is -2.20. The summed E-state index contributed by atoms with van der Waals surface area (Å²) >= 11 is 0. The molecule has 0 bridgehead atoms. The number of carboxylic acid groups (broad SMARTS) is 2. The van der Waals surface area contributed by atoms with Gasteiger partial charge < -0.3 is 19.9 Å². The summed E-state index contributed by atoms with van der Waals surface area (Å²) in [5, 5.41) is 24.5. The van der Waals surface area contributed by atoms with Crippen molar-refractivity contribution in [2.75, 3.05) is 31.1 Å². The molecule has 0 amide bonds. The maximum Gasteiger partial charge on any atom is 0.336 e. The van der Waals surface area contributed by atoms with Crippen LogP contribution in [0.5, 0.6) is 0 Å². The molecule has 7 heteroatoms. The molecular formula is C31H32N2O4Si. The van der Waals surface area contributed by atoms with Crippen molar-refractivity contribution in [2.45, 2.75) is 38.8 Å². The topological polar surface area (TPSA) is 83.7 Å². The normalized spacial score (nSPS) is 19.9. The van der Waals surface area contributed by atoms with Crippen LogP contribution in [-0.2, 0) is 0 Å². The van der Waals surface area contributed by atoms with Gasteiger partial charge in [0.25, 0.3) is 0 Å². The average Bonchev–Trinajstić information content (AvgIpc) is 3.63. The molecule has 3 aliphatic heterocycles. The maximum atomic E-state index is 12.4. The summed E-state index contributed by atoms with van der Waals surface area (Å²) in [5.74, 6) is -2.39. The molecule has 1 aliphatic carbocycles. The summed E-state index contributed by atoms with van der Waals surface area (Å²) in [4.78, 5) is 26.6. The van der Waals surface area contributed by atoms with Gasteiger partial charge in [-0.25, -0.2) is 9.37 Å². The van der Waals surface area contributed by atoms with Gasteiger partial charge >= 0.3 is 5.97 Å². The smallest absolute Gasteiger partial charge is 0.336 e. The lowest BCUT2D eigenvalue weighted by Crippen LogP contribution is -2.50. The zero-order valence-corrected chi connectivity index (χ0v) is 22.9. The van der Waals surface area contributed by atoms with Crippen LogP contribution in [0.25, 0.3) is 5.57 Å². The number of carbonyl (C=O) groups is 2. The van der Waals surface area contributed by atoms with Gasteiger partial charge in [0.2, 0.25) is 0 Å². The van der Waals surface area contributed by atoms with Crippen LogP contribution in [0, 0.1) is 0 Å². The number of benzene rings is 2. The van der Waals surface area contributed by atoms with Gasteiger partial charge in [-0.2, -0.15) is 0 Å². The lowest BCUT2D eigenvalue weighted by Gasteiger charge is -2.38. The zero-order valence-electron chi connectivity index (χ0n) is 21.9. The van der Waals surface area contributed by atoms with E-state index >= 15 is 0 Å². The molecule has 0 unspecified atom stereocenters. The number of rotatable bonds is 4. The number of carbonyl (C=O) groups excluding carboxylic acids is 1. The van der Waals surface area contributed by atoms with Crippen molar-refractivity contribution >= 4 is 42.2 Å². The summed E-state index contributed by atoms with van der Waals surface area (Å²) in [6, 6.07) is 10.8. The minimum absolute atomic E-state index is 0.0231. The predicted molar refractivity (Wildman–Crippen MR) is 150 cm³/mol. The lowest BCUT2D eigenvalue weighted by molar-refractivity contribution is -0.504. The van der Waals surface area contributed by atoms with E-state index in [1.165, 1.54) is 65.7 Å². The summed E-state index contributed by atoms with van der Waals surface area (Å²) in [6.07, 6.45) is 11.3. The second-order valence-electron chi connectivity index (χ2n) is 11.2. The Bertz CT molecular complexity index is 1500. The number of carboxylic acids is 2. The van der Waals surface area contributed by atoms with E-state index in [-0.39, 0.29) is 11.1 Å². The molecule has 0 saturated carbocycles. The monoisotopic (exact) mass is 524 g/mol. The molecular weight excluding hydrogens is 492 g/mol. The zero-order chi connectivity index (χ0) is 26.6. The van der Waals surface area contributed by atoms with Crippen molar-refractivity contribution < 1.29 is 24.4 Å². The van der Waals surface area contributed by atoms with Crippen molar-refractivity contribution in [2.24, 2.45) is 0 Å². The molecule has 6 rings (SSSR count). The number of aromatic carboxylic acids is 2. The Morgan fingerprint density at radius 2 is 1.68 bits per heavy atom. The second kappa shape index (κ2) is 9.24. The molecule has 1 N–H and O–H groups in total. The van der Waals surface area contributed by atoms with Gasteiger partial charge in [0.15, 0.2) is 5.71 Å². The lowest BCUT2D eigenvalue weighted by atomic mass is 9.86. The first kappa shape index (κ1) is 24.6. The molecule has 0 atom stereocenters. The average molecular weight is 525 g/mol. The maximum absolute atomic E-state index is 12.4. The summed E-state index contributed by atoms with van der Waals surface area (Å²) in [6.45, 7) is 8.93. The van der Waals surface area contributed by atoms with E-state index in [0.717, 1.165) is 42.9 Å². The SMILES string of the molecule is C[Si]1(C)C2=CC(=[N+]3CCCC3)C=CC2=C(c2cc(C(=O)[O-])ccc2C(=O)O)c2ccc(N3CCCC3)cc21. The Hall–Kier alpha value is -3.71. The molecule has 0 radical (unpaired) electrons. The molecule has 2 saturated heterocycles. The molecule has 0 spiro atoms. The molecule has 2 aromatic rings. The van der Waals surface area contributed by atoms with Crippen LogP contribution in [0.1, 0.15) is 57.5 Å². The van der Waals surface area contributed by atoms with Crippen LogP contribution < -0.4 is 15.2 Å². The number of allylic oxidation sites excluding steroid dienone is 5. The molecule has 4 aliphatic rings. The minimum Gasteiger partial charge on any atom is -0.545 e. The highest BCUT2D eigenvalue weighted by molar-refractivity contribution is 6.98. The first-order chi connectivity index (χ1) is 18.3. The fourth-order valence-electron chi connectivity index (χ4n) is 6.52. The number of fused-ring (bicyclic) bond motifs is 2. The summed E-state index contributed by atoms with van der Waals surface area (Å²) in [5.41, 5.74) is 5.72. The molecule has 0 aromatic heterocycles. The Balaban J connectivity index is 1.65. The second-order valence-corrected chi connectivity index (χ2v) is 15.5. The van der Waals surface area contributed by atoms with Crippen molar-refractivity contribution in [3.63, 3.8) is 0 Å². The number of hydrogen-bond donors (Lipinski definition) is 1. The molecule has 194 valence electrons. The standard InChI is InChI=1S/C31H32N2O4Si/c1-38(2)27-18-21(32-13-3-4-14-32)8-11-24(27)29(26-17-20(30(34)35)7-10-23(26)31(36)37)25-12-9-22(19-28(25)38)33-15-5-6-16-33/h7-12,17-19H,3-6,13-16H2,1-2H3,(H-,34,35,36,37). The van der Waals surface area contributed by atoms with E-state index in [1.807, 2.05) is 0 Å². The fraction of sp³-hybridized carbons (Fsp3) is 0.323. The van der Waals surface area contributed by atoms with Crippen LogP contribution in [0.2, 0.25) is 13.1 Å². The molecule has 2 fully saturated rings. The van der Waals surface area contributed by atoms with Gasteiger partial charge in [-0.05, 0) is 81.4 Å². The highest BCUT2D eigenvalue weighted by atomic mass is 28.3. The quantitative estimate of drug-likeness (QED) is 0.490. The van der Waals surface area contributed by atoms with Crippen molar-refractivity contribution in [3.8, 4) is 0 Å². The third kappa shape index (κ3) is 3.96. The summed E-state index contributed by atoms with van der Waals surface area (Å²) in [7, 11) is -2.20. The number of anilines is 1. The van der Waals surface area contributed by atoms with Gasteiger partial charge in [0, 0.05) is 43.8 Å². The van der Waals surface area contributed by atoms with E-state index in [1.54, 1.807) is 0 Å². The Morgan fingerprint density at radius 1 is 0.947 bits per heavy atom. The first-order valence-electron chi connectivity index (χ1n) is 13.5. The summed E-state index contributed by atoms with van der Waals surface area (Å²) < 4.78 is 2.43. The predicted octanol–water partition coefficient (Wildman–Crippen LogP) is 3.36. The highest BCUT2D eigenvalue weighted by Gasteiger charge is 2.41. The van der Waals surface area contributed by atoms with Crippen LogP contribution in [-0.4, -0.2) is 61.6 Å². The van der Waals surface area contributed by atoms with Gasteiger partial charge in [0.05, 0.1) is 11.5 Å². The van der Waals surface area contributed by atoms with E-state index < -0.39 is 20.0 Å². The highest BCUT2D eigenvalue weighted by Crippen LogP contribution is 2.43. The molecule has 3 heterocycles. The Kier molecular flexibility index (Phi) is 5.98. The van der Waals surface area contributed by atoms with Crippen molar-refractivity contribution in [3.05, 3.63) is 87.6 Å². The Morgan fingerprint density at radius 3 is 2.37 bits per heavy atom. The number of hydrogen-bond acceptors (Lipinski definition) is 4. The van der Waals surface area contributed by atoms with E-state index in [4.69, 9.17) is 0 Å². The van der Waals surface area contributed by atoms with Crippen molar-refractivity contribution in [1.29, 1.82) is 0 Å². The van der Waals surface area contributed by atoms with Gasteiger partial charge in [0.1, 0.15) is 21.2 Å². The van der Waals surface area contributed by atoms with Crippen LogP contribution >= 0.6 is 0 Å². The van der Waals surface area contributed by atoms with Crippen LogP contribution in [0.15, 0.2) is 65.4 Å². The van der Waals surface area contributed by atoms with Crippen molar-refractivity contribution in [1.82, 2.24) is 0 Å². The van der Waals surface area contributed by atoms with Gasteiger partial charge in [-0.15, -0.1) is 0 Å². The van der Waals surface area contributed by atoms with E-state index in [2.05, 4.69) is 59.0 Å². The van der Waals surface area contributed by atoms with Gasteiger partial charge in [-0.3, -0.25) is 0 Å². The first-order valence-corrected chi connectivity index (χ1v) is 16.5.